The molecule has 0 rings (SSSR count). The topological polar surface area (TPSA) is 78.9 Å². The van der Waals surface area contributed by atoms with E-state index in [0.717, 1.165) is 83.5 Å². The lowest BCUT2D eigenvalue weighted by Gasteiger charge is -2.18. The summed E-state index contributed by atoms with van der Waals surface area (Å²) in [5.74, 6) is -0.900. The fourth-order valence-corrected chi connectivity index (χ4v) is 7.18. The molecule has 0 heterocycles. The third kappa shape index (κ3) is 46.5. The van der Waals surface area contributed by atoms with Gasteiger partial charge in [0.05, 0.1) is 0 Å². The Morgan fingerprint density at radius 1 is 0.322 bits per heavy atom. The van der Waals surface area contributed by atoms with Crippen LogP contribution in [0.3, 0.4) is 0 Å². The van der Waals surface area contributed by atoms with Crippen molar-refractivity contribution in [3.63, 3.8) is 0 Å². The van der Waals surface area contributed by atoms with Crippen LogP contribution in [0.1, 0.15) is 265 Å². The Balaban J connectivity index is 4.37. The molecule has 1 atom stereocenters. The number of hydrogen-bond donors (Lipinski definition) is 0. The highest BCUT2D eigenvalue weighted by molar-refractivity contribution is 5.71. The normalized spacial score (nSPS) is 12.3. The average Bonchev–Trinajstić information content (AvgIpc) is 3.23. The Labute approximate surface area is 365 Å². The number of carbonyl (C=O) groups is 3. The van der Waals surface area contributed by atoms with Crippen molar-refractivity contribution in [3.05, 3.63) is 36.5 Å². The van der Waals surface area contributed by atoms with E-state index in [1.165, 1.54) is 141 Å². The molecule has 6 heteroatoms. The van der Waals surface area contributed by atoms with E-state index in [1.807, 2.05) is 0 Å². The predicted molar refractivity (Wildman–Crippen MR) is 252 cm³/mol. The second-order valence-corrected chi connectivity index (χ2v) is 17.1. The van der Waals surface area contributed by atoms with E-state index in [1.54, 1.807) is 0 Å². The molecular formula is C53H96O6. The SMILES string of the molecule is CCCC/C=C\CCCCCCCC(=O)OCC(COC(=O)CCCCCCC/C=C\CCCCCCCCC)OC(=O)CCCCCCC/C=C\CCCCCCC. The van der Waals surface area contributed by atoms with Crippen LogP contribution in [0.5, 0.6) is 0 Å². The number of ether oxygens (including phenoxy) is 3. The first-order valence-corrected chi connectivity index (χ1v) is 25.5. The first kappa shape index (κ1) is 56.6. The van der Waals surface area contributed by atoms with E-state index in [9.17, 15) is 14.4 Å². The van der Waals surface area contributed by atoms with Crippen LogP contribution in [-0.2, 0) is 28.6 Å². The molecule has 0 aliphatic rings. The Morgan fingerprint density at radius 2 is 0.576 bits per heavy atom. The summed E-state index contributed by atoms with van der Waals surface area (Å²) in [6, 6.07) is 0. The van der Waals surface area contributed by atoms with Gasteiger partial charge < -0.3 is 14.2 Å². The van der Waals surface area contributed by atoms with E-state index in [2.05, 4.69) is 57.2 Å². The minimum Gasteiger partial charge on any atom is -0.462 e. The molecule has 0 bridgehead atoms. The summed E-state index contributed by atoms with van der Waals surface area (Å²) in [5.41, 5.74) is 0. The van der Waals surface area contributed by atoms with Gasteiger partial charge in [0, 0.05) is 19.3 Å². The first-order valence-electron chi connectivity index (χ1n) is 25.5. The number of allylic oxidation sites excluding steroid dienone is 6. The molecule has 0 radical (unpaired) electrons. The second kappa shape index (κ2) is 48.3. The number of rotatable bonds is 46. The van der Waals surface area contributed by atoms with E-state index in [0.29, 0.717) is 19.3 Å². The molecule has 0 aliphatic heterocycles. The van der Waals surface area contributed by atoms with Gasteiger partial charge in [0.15, 0.2) is 6.10 Å². The Kier molecular flexibility index (Phi) is 46.4. The molecule has 0 fully saturated rings. The van der Waals surface area contributed by atoms with Crippen LogP contribution >= 0.6 is 0 Å². The van der Waals surface area contributed by atoms with Crippen LogP contribution in [0.25, 0.3) is 0 Å². The summed E-state index contributed by atoms with van der Waals surface area (Å²) in [5, 5.41) is 0. The van der Waals surface area contributed by atoms with Crippen LogP contribution in [-0.4, -0.2) is 37.2 Å². The zero-order valence-corrected chi connectivity index (χ0v) is 39.3. The van der Waals surface area contributed by atoms with Gasteiger partial charge in [0.25, 0.3) is 0 Å². The van der Waals surface area contributed by atoms with Gasteiger partial charge in [-0.1, -0.05) is 192 Å². The van der Waals surface area contributed by atoms with Gasteiger partial charge in [-0.3, -0.25) is 14.4 Å². The number of hydrogen-bond acceptors (Lipinski definition) is 6. The molecule has 0 saturated carbocycles. The maximum atomic E-state index is 12.8. The molecular weight excluding hydrogens is 733 g/mol. The van der Waals surface area contributed by atoms with Gasteiger partial charge in [0.1, 0.15) is 13.2 Å². The Morgan fingerprint density at radius 3 is 0.898 bits per heavy atom. The van der Waals surface area contributed by atoms with E-state index < -0.39 is 6.10 Å². The van der Waals surface area contributed by atoms with E-state index >= 15 is 0 Å². The van der Waals surface area contributed by atoms with E-state index in [4.69, 9.17) is 14.2 Å². The summed E-state index contributed by atoms with van der Waals surface area (Å²) in [4.78, 5) is 37.9. The van der Waals surface area contributed by atoms with Gasteiger partial charge in [-0.2, -0.15) is 0 Å². The summed E-state index contributed by atoms with van der Waals surface area (Å²) in [6.07, 6.45) is 55.5. The minimum atomic E-state index is -0.780. The molecule has 0 amide bonds. The van der Waals surface area contributed by atoms with Crippen molar-refractivity contribution in [3.8, 4) is 0 Å². The maximum absolute atomic E-state index is 12.8. The van der Waals surface area contributed by atoms with Crippen LogP contribution in [0.2, 0.25) is 0 Å². The number of carbonyl (C=O) groups excluding carboxylic acids is 3. The molecule has 0 aromatic heterocycles. The highest BCUT2D eigenvalue weighted by Gasteiger charge is 2.19. The van der Waals surface area contributed by atoms with Crippen molar-refractivity contribution in [1.82, 2.24) is 0 Å². The lowest BCUT2D eigenvalue weighted by Crippen LogP contribution is -2.30. The summed E-state index contributed by atoms with van der Waals surface area (Å²) >= 11 is 0. The van der Waals surface area contributed by atoms with Gasteiger partial charge in [-0.05, 0) is 89.9 Å². The van der Waals surface area contributed by atoms with Crippen LogP contribution in [0.15, 0.2) is 36.5 Å². The molecule has 0 aromatic rings. The Hall–Kier alpha value is -2.37. The zero-order valence-electron chi connectivity index (χ0n) is 39.3. The molecule has 0 aliphatic carbocycles. The van der Waals surface area contributed by atoms with Crippen molar-refractivity contribution in [2.45, 2.75) is 271 Å². The molecule has 0 aromatic carbocycles. The molecule has 0 saturated heterocycles. The quantitative estimate of drug-likeness (QED) is 0.0263. The van der Waals surface area contributed by atoms with Gasteiger partial charge in [-0.25, -0.2) is 0 Å². The standard InChI is InChI=1S/C53H96O6/c1-4-7-10-13-16-19-22-24-26-27-29-31-34-37-40-43-46-52(55)58-49-50(48-57-51(54)45-42-39-36-33-30-21-18-15-12-9-6-3)59-53(56)47-44-41-38-35-32-28-25-23-20-17-14-11-8-5-2/h15,18,23,25-27,50H,4-14,16-17,19-22,24,28-49H2,1-3H3/b18-15-,25-23-,27-26-. The smallest absolute Gasteiger partial charge is 0.306 e. The van der Waals surface area contributed by atoms with Crippen LogP contribution in [0.4, 0.5) is 0 Å². The summed E-state index contributed by atoms with van der Waals surface area (Å²) < 4.78 is 16.8. The monoisotopic (exact) mass is 829 g/mol. The van der Waals surface area contributed by atoms with Gasteiger partial charge in [0.2, 0.25) is 0 Å². The van der Waals surface area contributed by atoms with Gasteiger partial charge in [-0.15, -0.1) is 0 Å². The molecule has 1 unspecified atom stereocenters. The highest BCUT2D eigenvalue weighted by Crippen LogP contribution is 2.14. The third-order valence-corrected chi connectivity index (χ3v) is 11.1. The van der Waals surface area contributed by atoms with Crippen molar-refractivity contribution in [1.29, 1.82) is 0 Å². The lowest BCUT2D eigenvalue weighted by molar-refractivity contribution is -0.167. The largest absolute Gasteiger partial charge is 0.462 e. The van der Waals surface area contributed by atoms with Crippen molar-refractivity contribution >= 4 is 17.9 Å². The summed E-state index contributed by atoms with van der Waals surface area (Å²) in [6.45, 7) is 6.58. The average molecular weight is 829 g/mol. The Bertz CT molecular complexity index is 1000. The predicted octanol–water partition coefficient (Wildman–Crippen LogP) is 16.5. The summed E-state index contributed by atoms with van der Waals surface area (Å²) in [7, 11) is 0. The number of unbranched alkanes of at least 4 members (excludes halogenated alkanes) is 29. The lowest BCUT2D eigenvalue weighted by atomic mass is 10.1. The molecule has 0 N–H and O–H groups in total. The highest BCUT2D eigenvalue weighted by atomic mass is 16.6. The number of esters is 3. The van der Waals surface area contributed by atoms with Crippen molar-refractivity contribution in [2.75, 3.05) is 13.2 Å². The fraction of sp³-hybridized carbons (Fsp3) is 0.830. The maximum Gasteiger partial charge on any atom is 0.306 e. The van der Waals surface area contributed by atoms with Crippen molar-refractivity contribution in [2.24, 2.45) is 0 Å². The minimum absolute atomic E-state index is 0.0812. The zero-order chi connectivity index (χ0) is 43.0. The van der Waals surface area contributed by atoms with Crippen LogP contribution in [0, 0.1) is 0 Å². The molecule has 6 nitrogen and oxygen atoms in total. The van der Waals surface area contributed by atoms with E-state index in [-0.39, 0.29) is 31.1 Å². The van der Waals surface area contributed by atoms with Gasteiger partial charge >= 0.3 is 17.9 Å². The molecule has 344 valence electrons. The molecule has 59 heavy (non-hydrogen) atoms. The molecule has 0 spiro atoms. The second-order valence-electron chi connectivity index (χ2n) is 17.1. The van der Waals surface area contributed by atoms with Crippen LogP contribution < -0.4 is 0 Å². The fourth-order valence-electron chi connectivity index (χ4n) is 7.18. The first-order chi connectivity index (χ1) is 29.0. The van der Waals surface area contributed by atoms with Crippen molar-refractivity contribution < 1.29 is 28.6 Å². The third-order valence-electron chi connectivity index (χ3n) is 11.1.